The van der Waals surface area contributed by atoms with Crippen LogP contribution in [-0.2, 0) is 22.4 Å². The molecule has 1 aliphatic heterocycles. The van der Waals surface area contributed by atoms with Crippen LogP contribution in [0.2, 0.25) is 5.02 Å². The van der Waals surface area contributed by atoms with E-state index in [9.17, 15) is 14.0 Å². The molecule has 2 amide bonds. The molecule has 11 nitrogen and oxygen atoms in total. The van der Waals surface area contributed by atoms with Crippen LogP contribution in [0.25, 0.3) is 23.0 Å². The van der Waals surface area contributed by atoms with Crippen molar-refractivity contribution in [3.05, 3.63) is 107 Å². The number of H-pyrrole nitrogens is 1. The zero-order valence-electron chi connectivity index (χ0n) is 22.0. The zero-order valence-corrected chi connectivity index (χ0v) is 22.7. The summed E-state index contributed by atoms with van der Waals surface area (Å²) < 4.78 is 16.1. The van der Waals surface area contributed by atoms with Gasteiger partial charge in [-0.1, -0.05) is 29.8 Å². The molecule has 0 fully saturated rings. The number of nitrogens with one attached hydrogen (secondary N) is 3. The number of anilines is 1. The number of para-hydroxylation sites is 1. The van der Waals surface area contributed by atoms with E-state index in [-0.39, 0.29) is 30.9 Å². The van der Waals surface area contributed by atoms with Crippen molar-refractivity contribution in [2.24, 2.45) is 0 Å². The third-order valence-corrected chi connectivity index (χ3v) is 6.95. The second-order valence-corrected chi connectivity index (χ2v) is 10.00. The predicted octanol–water partition coefficient (Wildman–Crippen LogP) is 4.24. The number of aryl methyl sites for hydroxylation is 1. The number of fused-ring (bicyclic) bond motifs is 6. The molecular formula is C29H23ClFN9O2. The van der Waals surface area contributed by atoms with Crippen LogP contribution in [0.3, 0.4) is 0 Å². The van der Waals surface area contributed by atoms with E-state index in [4.69, 9.17) is 11.6 Å². The van der Waals surface area contributed by atoms with Crippen LogP contribution in [0, 0.1) is 5.82 Å². The molecule has 0 radical (unpaired) electrons. The number of pyridine rings is 1. The van der Waals surface area contributed by atoms with Crippen LogP contribution in [0.4, 0.5) is 10.1 Å². The van der Waals surface area contributed by atoms with E-state index in [2.05, 4.69) is 41.1 Å². The lowest BCUT2D eigenvalue weighted by Crippen LogP contribution is -2.29. The lowest BCUT2D eigenvalue weighted by Gasteiger charge is -2.17. The maximum absolute atomic E-state index is 14.6. The Morgan fingerprint density at radius 1 is 1.14 bits per heavy atom. The highest BCUT2D eigenvalue weighted by Gasteiger charge is 2.22. The molecule has 4 bridgehead atoms. The van der Waals surface area contributed by atoms with E-state index < -0.39 is 17.8 Å². The summed E-state index contributed by atoms with van der Waals surface area (Å²) in [7, 11) is 0. The fourth-order valence-electron chi connectivity index (χ4n) is 4.69. The fourth-order valence-corrected chi connectivity index (χ4v) is 4.87. The summed E-state index contributed by atoms with van der Waals surface area (Å²) in [6, 6.07) is 14.7. The molecule has 2 aromatic carbocycles. The van der Waals surface area contributed by atoms with E-state index in [1.54, 1.807) is 42.6 Å². The Morgan fingerprint density at radius 2 is 2.02 bits per heavy atom. The Kier molecular flexibility index (Phi) is 7.52. The predicted molar refractivity (Wildman–Crippen MR) is 153 cm³/mol. The van der Waals surface area contributed by atoms with Crippen molar-refractivity contribution in [2.75, 3.05) is 5.32 Å². The van der Waals surface area contributed by atoms with Gasteiger partial charge in [-0.15, -0.1) is 5.10 Å². The number of carbonyl (C=O) groups is 2. The molecule has 13 heteroatoms. The van der Waals surface area contributed by atoms with Crippen molar-refractivity contribution in [3.8, 4) is 16.9 Å². The monoisotopic (exact) mass is 583 g/mol. The van der Waals surface area contributed by atoms with E-state index in [0.717, 1.165) is 5.56 Å². The number of aromatic nitrogens is 7. The second kappa shape index (κ2) is 11.7. The highest BCUT2D eigenvalue weighted by Crippen LogP contribution is 2.29. The normalized spacial score (nSPS) is 15.1. The number of hydrogen-bond donors (Lipinski definition) is 3. The molecule has 0 saturated carbocycles. The number of carbonyl (C=O) groups excluding carboxylic acids is 2. The maximum Gasteiger partial charge on any atom is 0.244 e. The number of imidazole rings is 1. The molecule has 42 heavy (non-hydrogen) atoms. The number of tetrazole rings is 1. The molecule has 210 valence electrons. The van der Waals surface area contributed by atoms with Gasteiger partial charge in [0, 0.05) is 47.2 Å². The smallest absolute Gasteiger partial charge is 0.244 e. The van der Waals surface area contributed by atoms with Crippen molar-refractivity contribution in [2.45, 2.75) is 25.3 Å². The lowest BCUT2D eigenvalue weighted by molar-refractivity contribution is -0.117. The molecular weight excluding hydrogens is 561 g/mol. The maximum atomic E-state index is 14.6. The van der Waals surface area contributed by atoms with Gasteiger partial charge in [0.15, 0.2) is 0 Å². The van der Waals surface area contributed by atoms with Crippen LogP contribution in [-0.4, -0.2) is 47.0 Å². The Balaban J connectivity index is 1.33. The van der Waals surface area contributed by atoms with Gasteiger partial charge in [-0.25, -0.2) is 9.37 Å². The molecule has 0 aliphatic carbocycles. The van der Waals surface area contributed by atoms with Crippen molar-refractivity contribution < 1.29 is 14.0 Å². The Labute approximate surface area is 243 Å². The summed E-state index contributed by atoms with van der Waals surface area (Å²) in [6.45, 7) is 0. The quantitative estimate of drug-likeness (QED) is 0.269. The molecule has 1 atom stereocenters. The highest BCUT2D eigenvalue weighted by atomic mass is 35.5. The van der Waals surface area contributed by atoms with E-state index in [1.165, 1.54) is 23.2 Å². The standard InChI is InChI=1S/C29H23ClFN9O2/c30-18-6-10-26(40-16-33-38-39-40)17(13-18)5-11-27(41)36-24-14-19-7-8-21(31)23(34-19)9-12-28(42)35-22-4-2-1-3-20(22)25-15-32-29(24)37-25/h1-8,10-11,13,15-16,24H,9,12,14H2,(H,32,37)(H,35,42)(H,36,41). The fraction of sp³-hybridized carbons (Fsp3) is 0.138. The third kappa shape index (κ3) is 5.93. The number of amides is 2. The van der Waals surface area contributed by atoms with Crippen molar-refractivity contribution >= 4 is 35.2 Å². The van der Waals surface area contributed by atoms with Gasteiger partial charge < -0.3 is 15.6 Å². The van der Waals surface area contributed by atoms with E-state index in [1.807, 2.05) is 18.2 Å². The van der Waals surface area contributed by atoms with Crippen LogP contribution >= 0.6 is 11.6 Å². The average Bonchev–Trinajstić information content (AvgIpc) is 3.69. The molecule has 4 heterocycles. The number of rotatable bonds is 4. The molecule has 0 spiro atoms. The van der Waals surface area contributed by atoms with Gasteiger partial charge in [0.2, 0.25) is 11.8 Å². The van der Waals surface area contributed by atoms with Crippen LogP contribution in [0.1, 0.15) is 35.2 Å². The minimum absolute atomic E-state index is 0.0526. The molecule has 1 aliphatic rings. The summed E-state index contributed by atoms with van der Waals surface area (Å²) in [5, 5.41) is 17.6. The molecule has 1 unspecified atom stereocenters. The zero-order chi connectivity index (χ0) is 29.1. The van der Waals surface area contributed by atoms with Crippen molar-refractivity contribution in [3.63, 3.8) is 0 Å². The first-order valence-electron chi connectivity index (χ1n) is 13.0. The van der Waals surface area contributed by atoms with Gasteiger partial charge in [0.05, 0.1) is 35.0 Å². The number of hydrogen-bond acceptors (Lipinski definition) is 7. The van der Waals surface area contributed by atoms with Gasteiger partial charge in [0.1, 0.15) is 18.0 Å². The minimum atomic E-state index is -0.634. The second-order valence-electron chi connectivity index (χ2n) is 9.56. The molecule has 6 rings (SSSR count). The minimum Gasteiger partial charge on any atom is -0.342 e. The third-order valence-electron chi connectivity index (χ3n) is 6.71. The van der Waals surface area contributed by atoms with Gasteiger partial charge in [0.25, 0.3) is 0 Å². The first kappa shape index (κ1) is 27.0. The summed E-state index contributed by atoms with van der Waals surface area (Å²) in [6.07, 6.45) is 6.47. The largest absolute Gasteiger partial charge is 0.342 e. The first-order chi connectivity index (χ1) is 20.4. The summed E-state index contributed by atoms with van der Waals surface area (Å²) in [4.78, 5) is 38.2. The van der Waals surface area contributed by atoms with E-state index in [0.29, 0.717) is 39.2 Å². The molecule has 3 aromatic heterocycles. The van der Waals surface area contributed by atoms with Gasteiger partial charge in [-0.3, -0.25) is 14.6 Å². The van der Waals surface area contributed by atoms with Crippen LogP contribution in [0.15, 0.2) is 73.2 Å². The molecule has 0 saturated heterocycles. The first-order valence-corrected chi connectivity index (χ1v) is 13.4. The van der Waals surface area contributed by atoms with Gasteiger partial charge in [-0.05, 0) is 52.9 Å². The highest BCUT2D eigenvalue weighted by molar-refractivity contribution is 6.30. The SMILES string of the molecule is O=C(C=Cc1cc(Cl)ccc1-n1cnnn1)NC1Cc2ccc(F)c(n2)CCC(=O)Nc2ccccc2-c2cnc1[nH]2. The summed E-state index contributed by atoms with van der Waals surface area (Å²) >= 11 is 6.21. The number of aromatic amines is 1. The topological polar surface area (TPSA) is 143 Å². The summed E-state index contributed by atoms with van der Waals surface area (Å²) in [5.74, 6) is -0.695. The van der Waals surface area contributed by atoms with Crippen molar-refractivity contribution in [1.82, 2.24) is 40.5 Å². The van der Waals surface area contributed by atoms with E-state index >= 15 is 0 Å². The Morgan fingerprint density at radius 3 is 2.88 bits per heavy atom. The Bertz CT molecular complexity index is 1800. The van der Waals surface area contributed by atoms with Crippen LogP contribution in [0.5, 0.6) is 0 Å². The van der Waals surface area contributed by atoms with Crippen molar-refractivity contribution in [1.29, 1.82) is 0 Å². The molecule has 5 aromatic rings. The van der Waals surface area contributed by atoms with Gasteiger partial charge in [-0.2, -0.15) is 4.68 Å². The number of halogens is 2. The lowest BCUT2D eigenvalue weighted by atomic mass is 10.1. The van der Waals surface area contributed by atoms with Crippen LogP contribution < -0.4 is 10.6 Å². The van der Waals surface area contributed by atoms with Gasteiger partial charge >= 0.3 is 0 Å². The average molecular weight is 584 g/mol. The molecule has 3 N–H and O–H groups in total. The number of benzene rings is 2. The number of nitrogens with zero attached hydrogens (tertiary/aromatic N) is 6. The summed E-state index contributed by atoms with van der Waals surface area (Å²) in [5.41, 5.74) is 3.94. The Hall–Kier alpha value is -5.23.